The average Bonchev–Trinajstić information content (AvgIpc) is 3.29. The van der Waals surface area contributed by atoms with Crippen molar-refractivity contribution in [3.05, 3.63) is 64.8 Å². The van der Waals surface area contributed by atoms with Gasteiger partial charge in [-0.25, -0.2) is 14.8 Å². The minimum atomic E-state index is -0.539. The molecule has 1 aliphatic rings. The molecule has 0 aliphatic carbocycles. The molecule has 212 valence electrons. The van der Waals surface area contributed by atoms with E-state index < -0.39 is 17.1 Å². The Morgan fingerprint density at radius 3 is 2.68 bits per heavy atom. The second-order valence-corrected chi connectivity index (χ2v) is 11.4. The number of carbonyl (C=O) groups excluding carboxylic acids is 1. The number of nitriles is 2. The summed E-state index contributed by atoms with van der Waals surface area (Å²) in [5.41, 5.74) is 4.68. The summed E-state index contributed by atoms with van der Waals surface area (Å²) in [4.78, 5) is 21.0. The van der Waals surface area contributed by atoms with Crippen LogP contribution in [0.5, 0.6) is 0 Å². The summed E-state index contributed by atoms with van der Waals surface area (Å²) in [6.45, 7) is 8.42. The molecular formula is C31H35N7O3. The zero-order valence-corrected chi connectivity index (χ0v) is 23.8. The van der Waals surface area contributed by atoms with Gasteiger partial charge in [0.05, 0.1) is 35.2 Å². The maximum Gasteiger partial charge on any atom is 0.407 e. The van der Waals surface area contributed by atoms with E-state index in [0.29, 0.717) is 42.3 Å². The fourth-order valence-corrected chi connectivity index (χ4v) is 4.69. The summed E-state index contributed by atoms with van der Waals surface area (Å²) < 4.78 is 5.27. The topological polar surface area (TPSA) is 156 Å². The number of aliphatic hydroxyl groups is 1. The Morgan fingerprint density at radius 2 is 1.98 bits per heavy atom. The molecule has 0 saturated carbocycles. The van der Waals surface area contributed by atoms with Gasteiger partial charge in [0.15, 0.2) is 0 Å². The summed E-state index contributed by atoms with van der Waals surface area (Å²) in [6, 6.07) is 15.4. The quantitative estimate of drug-likeness (QED) is 0.263. The molecule has 1 atom stereocenters. The van der Waals surface area contributed by atoms with Crippen molar-refractivity contribution in [2.24, 2.45) is 0 Å². The number of anilines is 3. The molecule has 1 amide bonds. The molecule has 0 saturated heterocycles. The molecule has 2 aromatic carbocycles. The number of fused-ring (bicyclic) bond motifs is 1. The largest absolute Gasteiger partial charge is 0.444 e. The molecule has 0 bridgehead atoms. The maximum absolute atomic E-state index is 11.9. The molecule has 1 aromatic heterocycles. The van der Waals surface area contributed by atoms with Gasteiger partial charge >= 0.3 is 6.09 Å². The number of rotatable bonds is 9. The number of aromatic nitrogens is 2. The Morgan fingerprint density at radius 1 is 1.17 bits per heavy atom. The Hall–Kier alpha value is -4.67. The molecular weight excluding hydrogens is 518 g/mol. The van der Waals surface area contributed by atoms with E-state index >= 15 is 0 Å². The predicted molar refractivity (Wildman–Crippen MR) is 157 cm³/mol. The Bertz CT molecular complexity index is 1520. The number of ether oxygens (including phenoxy) is 1. The van der Waals surface area contributed by atoms with Gasteiger partial charge in [0.2, 0.25) is 5.95 Å². The van der Waals surface area contributed by atoms with Crippen molar-refractivity contribution in [1.82, 2.24) is 15.3 Å². The molecule has 10 nitrogen and oxygen atoms in total. The third-order valence-electron chi connectivity index (χ3n) is 6.89. The fourth-order valence-electron chi connectivity index (χ4n) is 4.69. The lowest BCUT2D eigenvalue weighted by Gasteiger charge is -2.21. The lowest BCUT2D eigenvalue weighted by Crippen LogP contribution is -2.33. The highest BCUT2D eigenvalue weighted by atomic mass is 16.6. The lowest BCUT2D eigenvalue weighted by atomic mass is 9.83. The first-order chi connectivity index (χ1) is 19.5. The van der Waals surface area contributed by atoms with E-state index in [9.17, 15) is 20.4 Å². The first kappa shape index (κ1) is 29.3. The Labute approximate surface area is 240 Å². The van der Waals surface area contributed by atoms with E-state index in [0.717, 1.165) is 40.9 Å². The normalized spacial score (nSPS) is 15.7. The van der Waals surface area contributed by atoms with Crippen LogP contribution in [0, 0.1) is 22.7 Å². The third-order valence-corrected chi connectivity index (χ3v) is 6.89. The summed E-state index contributed by atoms with van der Waals surface area (Å²) in [5.74, 6) is 0.354. The smallest absolute Gasteiger partial charge is 0.407 e. The molecule has 0 fully saturated rings. The molecule has 10 heteroatoms. The minimum absolute atomic E-state index is 0.0486. The van der Waals surface area contributed by atoms with Gasteiger partial charge in [0, 0.05) is 36.0 Å². The summed E-state index contributed by atoms with van der Waals surface area (Å²) in [6.07, 6.45) is 3.49. The number of nitrogens with one attached hydrogen (secondary N) is 3. The van der Waals surface area contributed by atoms with Crippen LogP contribution in [0.1, 0.15) is 62.8 Å². The van der Waals surface area contributed by atoms with Crippen molar-refractivity contribution in [1.29, 1.82) is 10.5 Å². The fraction of sp³-hybridized carbons (Fsp3) is 0.387. The summed E-state index contributed by atoms with van der Waals surface area (Å²) >= 11 is 0. The van der Waals surface area contributed by atoms with Gasteiger partial charge in [0.1, 0.15) is 11.7 Å². The third kappa shape index (κ3) is 7.10. The van der Waals surface area contributed by atoms with Crippen LogP contribution in [0.25, 0.3) is 11.3 Å². The second kappa shape index (κ2) is 12.2. The number of amides is 1. The van der Waals surface area contributed by atoms with E-state index in [1.807, 2.05) is 39.8 Å². The number of unbranched alkanes of at least 4 members (excludes halogenated alkanes) is 1. The molecule has 41 heavy (non-hydrogen) atoms. The summed E-state index contributed by atoms with van der Waals surface area (Å²) in [7, 11) is 0. The molecule has 1 aliphatic heterocycles. The van der Waals surface area contributed by atoms with E-state index in [1.165, 1.54) is 0 Å². The van der Waals surface area contributed by atoms with Crippen LogP contribution in [-0.4, -0.2) is 46.5 Å². The molecule has 0 spiro atoms. The van der Waals surface area contributed by atoms with E-state index in [2.05, 4.69) is 33.1 Å². The highest BCUT2D eigenvalue weighted by molar-refractivity contribution is 5.76. The van der Waals surface area contributed by atoms with Crippen molar-refractivity contribution >= 4 is 23.4 Å². The van der Waals surface area contributed by atoms with Crippen LogP contribution < -0.4 is 16.0 Å². The van der Waals surface area contributed by atoms with Gasteiger partial charge in [-0.1, -0.05) is 13.0 Å². The average molecular weight is 554 g/mol. The molecule has 2 heterocycles. The highest BCUT2D eigenvalue weighted by Gasteiger charge is 2.36. The van der Waals surface area contributed by atoms with Gasteiger partial charge in [-0.3, -0.25) is 0 Å². The monoisotopic (exact) mass is 553 g/mol. The van der Waals surface area contributed by atoms with Gasteiger partial charge in [-0.15, -0.1) is 0 Å². The Balaban J connectivity index is 1.50. The summed E-state index contributed by atoms with van der Waals surface area (Å²) in [5, 5.41) is 38.6. The number of aliphatic hydroxyl groups excluding tert-OH is 1. The molecule has 0 unspecified atom stereocenters. The number of hydrogen-bond donors (Lipinski definition) is 4. The van der Waals surface area contributed by atoms with Gasteiger partial charge in [-0.2, -0.15) is 10.5 Å². The number of alkyl carbamates (subject to hydrolysis) is 1. The lowest BCUT2D eigenvalue weighted by molar-refractivity contribution is 0.0527. The van der Waals surface area contributed by atoms with Crippen LogP contribution in [0.3, 0.4) is 0 Å². The molecule has 3 aromatic rings. The predicted octanol–water partition coefficient (Wildman–Crippen LogP) is 5.15. The number of aryl methyl sites for hydroxylation is 1. The molecule has 4 N–H and O–H groups in total. The van der Waals surface area contributed by atoms with E-state index in [4.69, 9.17) is 9.72 Å². The van der Waals surface area contributed by atoms with E-state index in [1.54, 1.807) is 30.5 Å². The van der Waals surface area contributed by atoms with Crippen LogP contribution in [0.2, 0.25) is 0 Å². The maximum atomic E-state index is 11.9. The van der Waals surface area contributed by atoms with E-state index in [-0.39, 0.29) is 6.61 Å². The molecule has 4 rings (SSSR count). The van der Waals surface area contributed by atoms with Crippen molar-refractivity contribution in [2.45, 2.75) is 58.0 Å². The first-order valence-electron chi connectivity index (χ1n) is 13.6. The van der Waals surface area contributed by atoms with Crippen LogP contribution in [0.15, 0.2) is 42.6 Å². The SMILES string of the molecule is CC(C)(C)OC(=O)NCCCCc1ccc(C#N)cc1Nc1nccc(-c2cc(C#N)c3c(c2)[C@@](C)(CO)CN3)n1. The van der Waals surface area contributed by atoms with Gasteiger partial charge < -0.3 is 25.8 Å². The standard InChI is InChI=1S/C31H35N7O3/c1-30(2,3)41-29(40)35-11-6-5-7-21-9-8-20(16-32)13-26(21)38-28-34-12-10-25(37-28)22-14-23(17-33)27-24(15-22)31(4,19-39)18-36-27/h8-10,12-15,36,39H,5-7,11,18-19H2,1-4H3,(H,35,40)(H,34,37,38)/t31-/m1/s1. The number of carbonyl (C=O) groups is 1. The van der Waals surface area contributed by atoms with Crippen LogP contribution in [-0.2, 0) is 16.6 Å². The van der Waals surface area contributed by atoms with Gasteiger partial charge in [-0.05, 0) is 81.5 Å². The second-order valence-electron chi connectivity index (χ2n) is 11.4. The Kier molecular flexibility index (Phi) is 8.75. The minimum Gasteiger partial charge on any atom is -0.444 e. The van der Waals surface area contributed by atoms with Crippen molar-refractivity contribution in [3.8, 4) is 23.4 Å². The number of nitrogens with zero attached hydrogens (tertiary/aromatic N) is 4. The highest BCUT2D eigenvalue weighted by Crippen LogP contribution is 2.41. The van der Waals surface area contributed by atoms with Gasteiger partial charge in [0.25, 0.3) is 0 Å². The van der Waals surface area contributed by atoms with Crippen LogP contribution in [0.4, 0.5) is 22.1 Å². The van der Waals surface area contributed by atoms with Crippen LogP contribution >= 0.6 is 0 Å². The first-order valence-corrected chi connectivity index (χ1v) is 13.6. The number of hydrogen-bond acceptors (Lipinski definition) is 9. The number of benzene rings is 2. The van der Waals surface area contributed by atoms with Crippen molar-refractivity contribution < 1.29 is 14.6 Å². The van der Waals surface area contributed by atoms with Crippen molar-refractivity contribution in [3.63, 3.8) is 0 Å². The zero-order valence-electron chi connectivity index (χ0n) is 23.8. The van der Waals surface area contributed by atoms with Crippen molar-refractivity contribution in [2.75, 3.05) is 30.3 Å². The molecule has 0 radical (unpaired) electrons. The zero-order chi connectivity index (χ0) is 29.6.